The summed E-state index contributed by atoms with van der Waals surface area (Å²) in [6.07, 6.45) is 6.37. The van der Waals surface area contributed by atoms with Gasteiger partial charge in [0.2, 0.25) is 0 Å². The lowest BCUT2D eigenvalue weighted by Crippen LogP contribution is -2.43. The molecule has 1 heterocycles. The molecule has 6 nitrogen and oxygen atoms in total. The lowest BCUT2D eigenvalue weighted by Gasteiger charge is -2.28. The fourth-order valence-electron chi connectivity index (χ4n) is 3.70. The molecule has 1 aromatic carbocycles. The number of urea groups is 1. The average Bonchev–Trinajstić information content (AvgIpc) is 2.86. The van der Waals surface area contributed by atoms with Gasteiger partial charge in [-0.1, -0.05) is 56.9 Å². The molecule has 1 saturated heterocycles. The maximum Gasteiger partial charge on any atom is 0.334 e. The van der Waals surface area contributed by atoms with Crippen LogP contribution < -0.4 is 0 Å². The Morgan fingerprint density at radius 2 is 1.65 bits per heavy atom. The third-order valence-corrected chi connectivity index (χ3v) is 5.14. The molecule has 6 heteroatoms. The zero-order valence-electron chi connectivity index (χ0n) is 15.1. The second-order valence-electron chi connectivity index (χ2n) is 7.01. The lowest BCUT2D eigenvalue weighted by atomic mass is 9.94. The van der Waals surface area contributed by atoms with Crippen LogP contribution in [0.1, 0.15) is 61.4 Å². The third kappa shape index (κ3) is 3.54. The van der Waals surface area contributed by atoms with Crippen LogP contribution in [0.3, 0.4) is 0 Å². The molecule has 2 fully saturated rings. The van der Waals surface area contributed by atoms with Crippen molar-refractivity contribution >= 4 is 23.6 Å². The topological polar surface area (TPSA) is 74.8 Å². The smallest absolute Gasteiger partial charge is 0.292 e. The number of carbonyl (C=O) groups excluding carboxylic acids is 4. The monoisotopic (exact) mass is 356 g/mol. The SMILES string of the molecule is CCCc1ccc(C(=O)CN2C(=O)C(=O)N(C3CCCCC3)C2=O)cc1. The summed E-state index contributed by atoms with van der Waals surface area (Å²) in [5.74, 6) is -2.03. The van der Waals surface area contributed by atoms with Crippen molar-refractivity contribution in [2.24, 2.45) is 0 Å². The van der Waals surface area contributed by atoms with Gasteiger partial charge in [-0.25, -0.2) is 9.69 Å². The van der Waals surface area contributed by atoms with Crippen molar-refractivity contribution in [3.63, 3.8) is 0 Å². The van der Waals surface area contributed by atoms with E-state index in [4.69, 9.17) is 0 Å². The minimum absolute atomic E-state index is 0.221. The second kappa shape index (κ2) is 7.81. The van der Waals surface area contributed by atoms with Gasteiger partial charge in [-0.3, -0.25) is 19.3 Å². The van der Waals surface area contributed by atoms with Crippen molar-refractivity contribution in [1.29, 1.82) is 0 Å². The molecule has 0 radical (unpaired) electrons. The van der Waals surface area contributed by atoms with E-state index in [2.05, 4.69) is 6.92 Å². The Hall–Kier alpha value is -2.50. The Labute approximate surface area is 153 Å². The van der Waals surface area contributed by atoms with Crippen molar-refractivity contribution in [3.8, 4) is 0 Å². The number of rotatable bonds is 6. The second-order valence-corrected chi connectivity index (χ2v) is 7.01. The van der Waals surface area contributed by atoms with Gasteiger partial charge < -0.3 is 0 Å². The summed E-state index contributed by atoms with van der Waals surface area (Å²) in [6.45, 7) is 1.69. The molecule has 0 bridgehead atoms. The minimum Gasteiger partial charge on any atom is -0.292 e. The maximum atomic E-state index is 12.6. The highest BCUT2D eigenvalue weighted by Gasteiger charge is 2.48. The van der Waals surface area contributed by atoms with Crippen LogP contribution in [0.15, 0.2) is 24.3 Å². The summed E-state index contributed by atoms with van der Waals surface area (Å²) in [5, 5.41) is 0. The molecule has 0 aromatic heterocycles. The number of carbonyl (C=O) groups is 4. The Kier molecular flexibility index (Phi) is 5.49. The zero-order valence-corrected chi connectivity index (χ0v) is 15.1. The molecule has 1 aliphatic carbocycles. The Morgan fingerprint density at radius 3 is 2.27 bits per heavy atom. The van der Waals surface area contributed by atoms with Gasteiger partial charge in [0.25, 0.3) is 0 Å². The van der Waals surface area contributed by atoms with Crippen molar-refractivity contribution in [2.75, 3.05) is 6.54 Å². The minimum atomic E-state index is -0.892. The van der Waals surface area contributed by atoms with Gasteiger partial charge >= 0.3 is 17.8 Å². The lowest BCUT2D eigenvalue weighted by molar-refractivity contribution is -0.144. The summed E-state index contributed by atoms with van der Waals surface area (Å²) in [4.78, 5) is 51.4. The molecule has 0 unspecified atom stereocenters. The number of aryl methyl sites for hydroxylation is 1. The van der Waals surface area contributed by atoms with Gasteiger partial charge in [-0.05, 0) is 24.8 Å². The number of nitrogens with zero attached hydrogens (tertiary/aromatic N) is 2. The van der Waals surface area contributed by atoms with Crippen molar-refractivity contribution in [2.45, 2.75) is 57.9 Å². The molecule has 138 valence electrons. The first-order chi connectivity index (χ1) is 12.5. The van der Waals surface area contributed by atoms with Crippen LogP contribution in [0.4, 0.5) is 4.79 Å². The van der Waals surface area contributed by atoms with Gasteiger partial charge in [-0.15, -0.1) is 0 Å². The Morgan fingerprint density at radius 1 is 1.00 bits per heavy atom. The number of hydrogen-bond donors (Lipinski definition) is 0. The van der Waals surface area contributed by atoms with E-state index < -0.39 is 17.8 Å². The van der Waals surface area contributed by atoms with Crippen LogP contribution in [0.5, 0.6) is 0 Å². The van der Waals surface area contributed by atoms with Crippen LogP contribution in [0, 0.1) is 0 Å². The van der Waals surface area contributed by atoms with Gasteiger partial charge in [0, 0.05) is 11.6 Å². The van der Waals surface area contributed by atoms with Crippen LogP contribution in [0.2, 0.25) is 0 Å². The quantitative estimate of drug-likeness (QED) is 0.446. The molecule has 0 N–H and O–H groups in total. The number of hydrogen-bond acceptors (Lipinski definition) is 4. The summed E-state index contributed by atoms with van der Waals surface area (Å²) < 4.78 is 0. The highest BCUT2D eigenvalue weighted by molar-refractivity contribution is 6.45. The van der Waals surface area contributed by atoms with E-state index in [1.807, 2.05) is 12.1 Å². The van der Waals surface area contributed by atoms with Crippen LogP contribution >= 0.6 is 0 Å². The van der Waals surface area contributed by atoms with E-state index >= 15 is 0 Å². The molecule has 3 rings (SSSR count). The van der Waals surface area contributed by atoms with E-state index in [1.165, 1.54) is 0 Å². The fourth-order valence-corrected chi connectivity index (χ4v) is 3.70. The van der Waals surface area contributed by atoms with E-state index in [1.54, 1.807) is 12.1 Å². The van der Waals surface area contributed by atoms with Gasteiger partial charge in [0.1, 0.15) is 0 Å². The summed E-state index contributed by atoms with van der Waals surface area (Å²) >= 11 is 0. The molecule has 2 aliphatic rings. The van der Waals surface area contributed by atoms with Crippen molar-refractivity contribution in [1.82, 2.24) is 9.80 Å². The van der Waals surface area contributed by atoms with Gasteiger partial charge in [-0.2, -0.15) is 0 Å². The molecule has 26 heavy (non-hydrogen) atoms. The van der Waals surface area contributed by atoms with E-state index in [0.29, 0.717) is 5.56 Å². The van der Waals surface area contributed by atoms with Crippen LogP contribution in [-0.2, 0) is 16.0 Å². The molecule has 1 saturated carbocycles. The largest absolute Gasteiger partial charge is 0.334 e. The summed E-state index contributed by atoms with van der Waals surface area (Å²) in [6, 6.07) is 6.30. The zero-order chi connectivity index (χ0) is 18.7. The molecular weight excluding hydrogens is 332 g/mol. The predicted octanol–water partition coefficient (Wildman–Crippen LogP) is 2.95. The molecule has 1 aliphatic heterocycles. The Balaban J connectivity index is 1.70. The standard InChI is InChI=1S/C20H24N2O4/c1-2-6-14-9-11-15(12-10-14)17(23)13-21-18(24)19(25)22(20(21)26)16-7-4-3-5-8-16/h9-12,16H,2-8,13H2,1H3. The van der Waals surface area contributed by atoms with E-state index in [9.17, 15) is 19.2 Å². The molecular formula is C20H24N2O4. The van der Waals surface area contributed by atoms with Gasteiger partial charge in [0.15, 0.2) is 5.78 Å². The normalized spacial score (nSPS) is 18.7. The fraction of sp³-hybridized carbons (Fsp3) is 0.500. The number of Topliss-reactive ketones (excluding diaryl/α,β-unsaturated/α-hetero) is 1. The first-order valence-electron chi connectivity index (χ1n) is 9.34. The number of benzene rings is 1. The number of imide groups is 2. The first kappa shape index (κ1) is 18.3. The van der Waals surface area contributed by atoms with E-state index in [0.717, 1.165) is 60.3 Å². The number of ketones is 1. The molecule has 0 spiro atoms. The summed E-state index contributed by atoms with van der Waals surface area (Å²) in [5.41, 5.74) is 1.57. The summed E-state index contributed by atoms with van der Waals surface area (Å²) in [7, 11) is 0. The van der Waals surface area contributed by atoms with Crippen LogP contribution in [0.25, 0.3) is 0 Å². The van der Waals surface area contributed by atoms with Crippen molar-refractivity contribution < 1.29 is 19.2 Å². The average molecular weight is 356 g/mol. The number of amides is 4. The van der Waals surface area contributed by atoms with Crippen LogP contribution in [-0.4, -0.2) is 46.0 Å². The predicted molar refractivity (Wildman–Crippen MR) is 95.6 cm³/mol. The molecule has 0 atom stereocenters. The van der Waals surface area contributed by atoms with Crippen molar-refractivity contribution in [3.05, 3.63) is 35.4 Å². The molecule has 4 amide bonds. The van der Waals surface area contributed by atoms with E-state index in [-0.39, 0.29) is 18.4 Å². The maximum absolute atomic E-state index is 12.6. The highest BCUT2D eigenvalue weighted by atomic mass is 16.2. The Bertz CT molecular complexity index is 720. The first-order valence-corrected chi connectivity index (χ1v) is 9.34. The third-order valence-electron chi connectivity index (χ3n) is 5.14. The highest BCUT2D eigenvalue weighted by Crippen LogP contribution is 2.27. The molecule has 1 aromatic rings. The van der Waals surface area contributed by atoms with Gasteiger partial charge in [0.05, 0.1) is 6.54 Å².